The molecular formula is C11H13NO4S. The SMILES string of the molecule is O=C(NC[C@H]1CCO[C@H]1C(=O)O)c1ccsc1. The van der Waals surface area contributed by atoms with Crippen molar-refractivity contribution in [3.63, 3.8) is 0 Å². The number of carbonyl (C=O) groups is 2. The van der Waals surface area contributed by atoms with Gasteiger partial charge in [0.1, 0.15) is 0 Å². The van der Waals surface area contributed by atoms with Crippen molar-refractivity contribution in [1.82, 2.24) is 5.32 Å². The highest BCUT2D eigenvalue weighted by atomic mass is 32.1. The van der Waals surface area contributed by atoms with Crippen LogP contribution in [0.5, 0.6) is 0 Å². The van der Waals surface area contributed by atoms with Crippen LogP contribution >= 0.6 is 11.3 Å². The molecule has 0 aliphatic carbocycles. The summed E-state index contributed by atoms with van der Waals surface area (Å²) in [6.07, 6.45) is -0.126. The van der Waals surface area contributed by atoms with Crippen molar-refractivity contribution >= 4 is 23.2 Å². The van der Waals surface area contributed by atoms with Crippen LogP contribution in [0.4, 0.5) is 0 Å². The Balaban J connectivity index is 1.86. The maximum Gasteiger partial charge on any atom is 0.333 e. The number of carboxylic acids is 1. The Morgan fingerprint density at radius 1 is 1.59 bits per heavy atom. The fourth-order valence-electron chi connectivity index (χ4n) is 1.84. The first kappa shape index (κ1) is 12.1. The minimum atomic E-state index is -0.961. The summed E-state index contributed by atoms with van der Waals surface area (Å²) in [6, 6.07) is 1.74. The van der Waals surface area contributed by atoms with Gasteiger partial charge in [-0.15, -0.1) is 0 Å². The first-order chi connectivity index (χ1) is 8.18. The van der Waals surface area contributed by atoms with Gasteiger partial charge in [-0.3, -0.25) is 4.79 Å². The van der Waals surface area contributed by atoms with Crippen LogP contribution in [0, 0.1) is 5.92 Å². The largest absolute Gasteiger partial charge is 0.479 e. The van der Waals surface area contributed by atoms with Gasteiger partial charge >= 0.3 is 5.97 Å². The zero-order valence-electron chi connectivity index (χ0n) is 9.09. The summed E-state index contributed by atoms with van der Waals surface area (Å²) < 4.78 is 5.10. The van der Waals surface area contributed by atoms with Crippen LogP contribution < -0.4 is 5.32 Å². The number of nitrogens with one attached hydrogen (secondary N) is 1. The van der Waals surface area contributed by atoms with Crippen LogP contribution in [0.3, 0.4) is 0 Å². The molecule has 1 aliphatic rings. The summed E-state index contributed by atoms with van der Waals surface area (Å²) in [4.78, 5) is 22.5. The number of hydrogen-bond acceptors (Lipinski definition) is 4. The number of thiophene rings is 1. The molecule has 2 rings (SSSR count). The molecule has 0 radical (unpaired) electrons. The van der Waals surface area contributed by atoms with Crippen LogP contribution in [-0.4, -0.2) is 36.2 Å². The van der Waals surface area contributed by atoms with Gasteiger partial charge in [0.05, 0.1) is 0 Å². The summed E-state index contributed by atoms with van der Waals surface area (Å²) in [5.74, 6) is -1.27. The van der Waals surface area contributed by atoms with Crippen LogP contribution in [0.25, 0.3) is 0 Å². The predicted octanol–water partition coefficient (Wildman–Crippen LogP) is 0.968. The molecule has 6 heteroatoms. The maximum absolute atomic E-state index is 11.6. The van der Waals surface area contributed by atoms with E-state index in [0.717, 1.165) is 0 Å². The van der Waals surface area contributed by atoms with Gasteiger partial charge < -0.3 is 15.2 Å². The molecule has 5 nitrogen and oxygen atoms in total. The molecule has 0 bridgehead atoms. The van der Waals surface area contributed by atoms with Crippen molar-refractivity contribution in [1.29, 1.82) is 0 Å². The standard InChI is InChI=1S/C11H13NO4S/c13-10(8-2-4-17-6-8)12-5-7-1-3-16-9(7)11(14)15/h2,4,6-7,9H,1,3,5H2,(H,12,13)(H,14,15)/t7-,9-/m1/s1. The third-order valence-corrected chi connectivity index (χ3v) is 3.45. The molecule has 1 aromatic rings. The average Bonchev–Trinajstić information content (AvgIpc) is 2.96. The summed E-state index contributed by atoms with van der Waals surface area (Å²) >= 11 is 1.45. The van der Waals surface area contributed by atoms with Crippen molar-refractivity contribution in [2.75, 3.05) is 13.2 Å². The third kappa shape index (κ3) is 2.83. The van der Waals surface area contributed by atoms with Crippen molar-refractivity contribution in [3.8, 4) is 0 Å². The van der Waals surface area contributed by atoms with Gasteiger partial charge in [-0.25, -0.2) is 4.79 Å². The highest BCUT2D eigenvalue weighted by Gasteiger charge is 2.34. The number of hydrogen-bond donors (Lipinski definition) is 2. The summed E-state index contributed by atoms with van der Waals surface area (Å²) in [7, 11) is 0. The average molecular weight is 255 g/mol. The highest BCUT2D eigenvalue weighted by Crippen LogP contribution is 2.20. The minimum absolute atomic E-state index is 0.143. The van der Waals surface area contributed by atoms with Gasteiger partial charge in [-0.1, -0.05) is 0 Å². The molecule has 0 spiro atoms. The summed E-state index contributed by atoms with van der Waals surface area (Å²) in [6.45, 7) is 0.779. The van der Waals surface area contributed by atoms with Crippen molar-refractivity contribution in [2.24, 2.45) is 5.92 Å². The topological polar surface area (TPSA) is 75.6 Å². The molecule has 17 heavy (non-hydrogen) atoms. The Morgan fingerprint density at radius 2 is 2.41 bits per heavy atom. The number of carboxylic acid groups (broad SMARTS) is 1. The Morgan fingerprint density at radius 3 is 3.06 bits per heavy atom. The number of ether oxygens (including phenoxy) is 1. The maximum atomic E-state index is 11.6. The molecule has 1 aliphatic heterocycles. The minimum Gasteiger partial charge on any atom is -0.479 e. The molecule has 2 heterocycles. The van der Waals surface area contributed by atoms with Gasteiger partial charge in [-0.2, -0.15) is 11.3 Å². The van der Waals surface area contributed by atoms with E-state index in [2.05, 4.69) is 5.32 Å². The van der Waals surface area contributed by atoms with Gasteiger partial charge in [0.25, 0.3) is 5.91 Å². The first-order valence-corrected chi connectivity index (χ1v) is 6.27. The number of carbonyl (C=O) groups excluding carboxylic acids is 1. The molecule has 2 atom stereocenters. The third-order valence-electron chi connectivity index (χ3n) is 2.77. The second-order valence-corrected chi connectivity index (χ2v) is 4.68. The molecular weight excluding hydrogens is 242 g/mol. The lowest BCUT2D eigenvalue weighted by Gasteiger charge is -2.14. The fourth-order valence-corrected chi connectivity index (χ4v) is 2.47. The number of amides is 1. The van der Waals surface area contributed by atoms with Crippen LogP contribution in [-0.2, 0) is 9.53 Å². The quantitative estimate of drug-likeness (QED) is 0.840. The molecule has 92 valence electrons. The van der Waals surface area contributed by atoms with E-state index >= 15 is 0 Å². The second kappa shape index (κ2) is 5.29. The molecule has 2 N–H and O–H groups in total. The Hall–Kier alpha value is -1.40. The van der Waals surface area contributed by atoms with Crippen LogP contribution in [0.15, 0.2) is 16.8 Å². The predicted molar refractivity (Wildman–Crippen MR) is 62.1 cm³/mol. The van der Waals surface area contributed by atoms with Crippen LogP contribution in [0.1, 0.15) is 16.8 Å². The van der Waals surface area contributed by atoms with Gasteiger partial charge in [0, 0.05) is 30.0 Å². The number of rotatable bonds is 4. The Kier molecular flexibility index (Phi) is 3.75. The highest BCUT2D eigenvalue weighted by molar-refractivity contribution is 7.08. The van der Waals surface area contributed by atoms with E-state index in [4.69, 9.17) is 9.84 Å². The zero-order chi connectivity index (χ0) is 12.3. The summed E-state index contributed by atoms with van der Waals surface area (Å²) in [5, 5.41) is 15.2. The number of aliphatic carboxylic acids is 1. The fraction of sp³-hybridized carbons (Fsp3) is 0.455. The van der Waals surface area contributed by atoms with Gasteiger partial charge in [0.15, 0.2) is 6.10 Å². The van der Waals surface area contributed by atoms with E-state index < -0.39 is 12.1 Å². The summed E-state index contributed by atoms with van der Waals surface area (Å²) in [5.41, 5.74) is 0.612. The lowest BCUT2D eigenvalue weighted by Crippen LogP contribution is -2.36. The van der Waals surface area contributed by atoms with E-state index in [1.165, 1.54) is 11.3 Å². The molecule has 1 saturated heterocycles. The lowest BCUT2D eigenvalue weighted by molar-refractivity contribution is -0.149. The molecule has 1 amide bonds. The zero-order valence-corrected chi connectivity index (χ0v) is 9.90. The van der Waals surface area contributed by atoms with E-state index in [1.54, 1.807) is 11.4 Å². The molecule has 1 fully saturated rings. The van der Waals surface area contributed by atoms with Crippen LogP contribution in [0.2, 0.25) is 0 Å². The van der Waals surface area contributed by atoms with Crippen molar-refractivity contribution in [2.45, 2.75) is 12.5 Å². The smallest absolute Gasteiger partial charge is 0.333 e. The second-order valence-electron chi connectivity index (χ2n) is 3.90. The Labute approximate surface area is 102 Å². The van der Waals surface area contributed by atoms with Crippen molar-refractivity contribution < 1.29 is 19.4 Å². The molecule has 0 saturated carbocycles. The molecule has 0 unspecified atom stereocenters. The van der Waals surface area contributed by atoms with E-state index in [-0.39, 0.29) is 11.8 Å². The van der Waals surface area contributed by atoms with E-state index in [9.17, 15) is 9.59 Å². The van der Waals surface area contributed by atoms with Crippen molar-refractivity contribution in [3.05, 3.63) is 22.4 Å². The van der Waals surface area contributed by atoms with E-state index in [0.29, 0.717) is 25.1 Å². The van der Waals surface area contributed by atoms with Gasteiger partial charge in [-0.05, 0) is 17.9 Å². The first-order valence-electron chi connectivity index (χ1n) is 5.33. The van der Waals surface area contributed by atoms with Gasteiger partial charge in [0.2, 0.25) is 0 Å². The monoisotopic (exact) mass is 255 g/mol. The molecule has 1 aromatic heterocycles. The molecule has 0 aromatic carbocycles. The Bertz CT molecular complexity index is 404. The van der Waals surface area contributed by atoms with E-state index in [1.807, 2.05) is 5.38 Å². The lowest BCUT2D eigenvalue weighted by atomic mass is 10.0. The normalized spacial score (nSPS) is 23.5.